The Labute approximate surface area is 98.3 Å². The van der Waals surface area contributed by atoms with Crippen LogP contribution in [0.2, 0.25) is 0 Å². The van der Waals surface area contributed by atoms with Gasteiger partial charge in [-0.15, -0.1) is 0 Å². The van der Waals surface area contributed by atoms with Crippen molar-refractivity contribution < 1.29 is 0 Å². The summed E-state index contributed by atoms with van der Waals surface area (Å²) in [6.45, 7) is 6.74. The molecule has 1 aromatic heterocycles. The molecule has 0 saturated heterocycles. The maximum Gasteiger partial charge on any atom is 0.108 e. The van der Waals surface area contributed by atoms with Crippen molar-refractivity contribution in [2.45, 2.75) is 52.1 Å². The molecule has 1 aliphatic carbocycles. The Balaban J connectivity index is 1.79. The van der Waals surface area contributed by atoms with Crippen molar-refractivity contribution in [1.29, 1.82) is 0 Å². The highest BCUT2D eigenvalue weighted by Crippen LogP contribution is 2.19. The van der Waals surface area contributed by atoms with Crippen LogP contribution in [0.5, 0.6) is 0 Å². The number of aryl methyl sites for hydroxylation is 1. The summed E-state index contributed by atoms with van der Waals surface area (Å²) in [4.78, 5) is 4.45. The fourth-order valence-corrected chi connectivity index (χ4v) is 2.01. The number of aromatic nitrogens is 2. The number of hydrogen-bond acceptors (Lipinski definition) is 2. The topological polar surface area (TPSA) is 29.9 Å². The molecule has 1 aliphatic rings. The Hall–Kier alpha value is -0.830. The first-order valence-corrected chi connectivity index (χ1v) is 6.53. The number of nitrogens with zero attached hydrogens (tertiary/aromatic N) is 2. The molecule has 1 unspecified atom stereocenters. The van der Waals surface area contributed by atoms with E-state index in [9.17, 15) is 0 Å². The summed E-state index contributed by atoms with van der Waals surface area (Å²) in [6, 6.07) is 0.817. The van der Waals surface area contributed by atoms with Gasteiger partial charge in [0.2, 0.25) is 0 Å². The smallest absolute Gasteiger partial charge is 0.108 e. The first-order chi connectivity index (χ1) is 7.79. The maximum atomic E-state index is 4.45. The molecule has 1 heterocycles. The first kappa shape index (κ1) is 11.6. The highest BCUT2D eigenvalue weighted by atomic mass is 15.1. The summed E-state index contributed by atoms with van der Waals surface area (Å²) < 4.78 is 2.29. The summed E-state index contributed by atoms with van der Waals surface area (Å²) in [6.07, 6.45) is 9.03. The highest BCUT2D eigenvalue weighted by molar-refractivity contribution is 4.94. The summed E-state index contributed by atoms with van der Waals surface area (Å²) in [5, 5.41) is 3.58. The summed E-state index contributed by atoms with van der Waals surface area (Å²) >= 11 is 0. The number of imidazole rings is 1. The van der Waals surface area contributed by atoms with Crippen LogP contribution in [-0.4, -0.2) is 22.1 Å². The zero-order valence-corrected chi connectivity index (χ0v) is 10.4. The molecule has 1 saturated carbocycles. The largest absolute Gasteiger partial charge is 0.335 e. The Kier molecular flexibility index (Phi) is 3.99. The number of hydrogen-bond donors (Lipinski definition) is 1. The van der Waals surface area contributed by atoms with E-state index in [0.717, 1.165) is 25.6 Å². The monoisotopic (exact) mass is 221 g/mol. The van der Waals surface area contributed by atoms with Gasteiger partial charge in [-0.1, -0.05) is 13.8 Å². The van der Waals surface area contributed by atoms with Gasteiger partial charge >= 0.3 is 0 Å². The van der Waals surface area contributed by atoms with E-state index in [1.807, 2.05) is 6.20 Å². The first-order valence-electron chi connectivity index (χ1n) is 6.53. The van der Waals surface area contributed by atoms with Crippen LogP contribution in [0.1, 0.15) is 38.9 Å². The second kappa shape index (κ2) is 5.48. The number of rotatable bonds is 7. The zero-order valence-electron chi connectivity index (χ0n) is 10.4. The lowest BCUT2D eigenvalue weighted by atomic mass is 10.1. The molecule has 1 atom stereocenters. The minimum Gasteiger partial charge on any atom is -0.335 e. The second-order valence-electron chi connectivity index (χ2n) is 5.03. The molecule has 1 aromatic rings. The zero-order chi connectivity index (χ0) is 11.4. The van der Waals surface area contributed by atoms with Crippen LogP contribution in [0.25, 0.3) is 0 Å². The van der Waals surface area contributed by atoms with Crippen LogP contribution in [0.4, 0.5) is 0 Å². The molecule has 0 spiro atoms. The van der Waals surface area contributed by atoms with Gasteiger partial charge in [-0.25, -0.2) is 4.98 Å². The van der Waals surface area contributed by atoms with Crippen molar-refractivity contribution in [2.24, 2.45) is 5.92 Å². The van der Waals surface area contributed by atoms with Crippen LogP contribution in [0.3, 0.4) is 0 Å². The third-order valence-electron chi connectivity index (χ3n) is 3.13. The molecule has 0 aromatic carbocycles. The van der Waals surface area contributed by atoms with Crippen molar-refractivity contribution >= 4 is 0 Å². The third-order valence-corrected chi connectivity index (χ3v) is 3.13. The molecule has 1 fully saturated rings. The fraction of sp³-hybridized carbons (Fsp3) is 0.769. The molecular formula is C13H23N3. The summed E-state index contributed by atoms with van der Waals surface area (Å²) in [7, 11) is 0. The SMILES string of the molecule is CCCn1ccnc1CC(C)CNC1CC1. The van der Waals surface area contributed by atoms with E-state index in [4.69, 9.17) is 0 Å². The van der Waals surface area contributed by atoms with Gasteiger partial charge in [0.25, 0.3) is 0 Å². The van der Waals surface area contributed by atoms with Crippen molar-refractivity contribution in [3.63, 3.8) is 0 Å². The molecule has 1 N–H and O–H groups in total. The second-order valence-corrected chi connectivity index (χ2v) is 5.03. The summed E-state index contributed by atoms with van der Waals surface area (Å²) in [5.74, 6) is 1.92. The van der Waals surface area contributed by atoms with Gasteiger partial charge < -0.3 is 9.88 Å². The van der Waals surface area contributed by atoms with Crippen LogP contribution in [-0.2, 0) is 13.0 Å². The van der Waals surface area contributed by atoms with Gasteiger partial charge in [-0.05, 0) is 31.7 Å². The van der Waals surface area contributed by atoms with E-state index in [0.29, 0.717) is 5.92 Å². The van der Waals surface area contributed by atoms with Gasteiger partial charge in [-0.2, -0.15) is 0 Å². The molecule has 0 bridgehead atoms. The van der Waals surface area contributed by atoms with Gasteiger partial charge in [0.1, 0.15) is 5.82 Å². The van der Waals surface area contributed by atoms with Crippen molar-refractivity contribution in [1.82, 2.24) is 14.9 Å². The number of nitrogens with one attached hydrogen (secondary N) is 1. The van der Waals surface area contributed by atoms with Gasteiger partial charge in [-0.3, -0.25) is 0 Å². The summed E-state index contributed by atoms with van der Waals surface area (Å²) in [5.41, 5.74) is 0. The Morgan fingerprint density at radius 1 is 1.56 bits per heavy atom. The normalized spacial score (nSPS) is 17.6. The lowest BCUT2D eigenvalue weighted by Gasteiger charge is -2.13. The predicted molar refractivity (Wildman–Crippen MR) is 66.4 cm³/mol. The van der Waals surface area contributed by atoms with Crippen molar-refractivity contribution in [3.05, 3.63) is 18.2 Å². The van der Waals surface area contributed by atoms with Gasteiger partial charge in [0.05, 0.1) is 0 Å². The van der Waals surface area contributed by atoms with E-state index in [1.165, 1.54) is 25.1 Å². The quantitative estimate of drug-likeness (QED) is 0.765. The molecule has 3 heteroatoms. The average molecular weight is 221 g/mol. The van der Waals surface area contributed by atoms with Crippen LogP contribution in [0.15, 0.2) is 12.4 Å². The molecule has 2 rings (SSSR count). The molecule has 90 valence electrons. The van der Waals surface area contributed by atoms with E-state index < -0.39 is 0 Å². The van der Waals surface area contributed by atoms with Crippen molar-refractivity contribution in [3.8, 4) is 0 Å². The van der Waals surface area contributed by atoms with Gasteiger partial charge in [0, 0.05) is 31.4 Å². The van der Waals surface area contributed by atoms with E-state index in [1.54, 1.807) is 0 Å². The molecule has 0 radical (unpaired) electrons. The van der Waals surface area contributed by atoms with Crippen LogP contribution in [0, 0.1) is 5.92 Å². The third kappa shape index (κ3) is 3.34. The van der Waals surface area contributed by atoms with E-state index in [2.05, 4.69) is 34.9 Å². The minimum atomic E-state index is 0.679. The Morgan fingerprint density at radius 3 is 3.06 bits per heavy atom. The van der Waals surface area contributed by atoms with E-state index >= 15 is 0 Å². The minimum absolute atomic E-state index is 0.679. The Morgan fingerprint density at radius 2 is 2.38 bits per heavy atom. The average Bonchev–Trinajstić information content (AvgIpc) is 3.00. The molecular weight excluding hydrogens is 198 g/mol. The Bertz CT molecular complexity index is 315. The lowest BCUT2D eigenvalue weighted by molar-refractivity contribution is 0.484. The van der Waals surface area contributed by atoms with Gasteiger partial charge in [0.15, 0.2) is 0 Å². The highest BCUT2D eigenvalue weighted by Gasteiger charge is 2.21. The maximum absolute atomic E-state index is 4.45. The standard InChI is InChI=1S/C13H23N3/c1-3-7-16-8-6-14-13(16)9-11(2)10-15-12-4-5-12/h6,8,11-12,15H,3-5,7,9-10H2,1-2H3. The fourth-order valence-electron chi connectivity index (χ4n) is 2.01. The van der Waals surface area contributed by atoms with Crippen molar-refractivity contribution in [2.75, 3.05) is 6.54 Å². The van der Waals surface area contributed by atoms with Crippen LogP contribution < -0.4 is 5.32 Å². The molecule has 0 amide bonds. The predicted octanol–water partition coefficient (Wildman–Crippen LogP) is 2.22. The molecule has 16 heavy (non-hydrogen) atoms. The lowest BCUT2D eigenvalue weighted by Crippen LogP contribution is -2.25. The molecule has 0 aliphatic heterocycles. The molecule has 3 nitrogen and oxygen atoms in total. The van der Waals surface area contributed by atoms with E-state index in [-0.39, 0.29) is 0 Å². The van der Waals surface area contributed by atoms with Crippen LogP contribution >= 0.6 is 0 Å².